The zero-order valence-corrected chi connectivity index (χ0v) is 11.1. The van der Waals surface area contributed by atoms with Gasteiger partial charge in [-0.2, -0.15) is 0 Å². The van der Waals surface area contributed by atoms with Crippen LogP contribution in [0.1, 0.15) is 31.1 Å². The lowest BCUT2D eigenvalue weighted by atomic mass is 10.1. The van der Waals surface area contributed by atoms with Crippen LogP contribution in [0, 0.1) is 0 Å². The maximum Gasteiger partial charge on any atom is 0.191 e. The van der Waals surface area contributed by atoms with Gasteiger partial charge in [-0.3, -0.25) is 4.79 Å². The van der Waals surface area contributed by atoms with Gasteiger partial charge in [0.15, 0.2) is 12.1 Å². The van der Waals surface area contributed by atoms with Crippen LogP contribution in [0.25, 0.3) is 0 Å². The van der Waals surface area contributed by atoms with Crippen LogP contribution in [-0.2, 0) is 9.47 Å². The molecule has 0 aliphatic rings. The van der Waals surface area contributed by atoms with Crippen molar-refractivity contribution in [2.24, 2.45) is 0 Å². The van der Waals surface area contributed by atoms with Gasteiger partial charge in [-0.05, 0) is 32.9 Å². The van der Waals surface area contributed by atoms with Gasteiger partial charge in [-0.15, -0.1) is 0 Å². The van der Waals surface area contributed by atoms with E-state index in [2.05, 4.69) is 0 Å². The van der Waals surface area contributed by atoms with Crippen molar-refractivity contribution in [3.63, 3.8) is 0 Å². The van der Waals surface area contributed by atoms with Gasteiger partial charge in [-0.1, -0.05) is 12.1 Å². The molecule has 18 heavy (non-hydrogen) atoms. The van der Waals surface area contributed by atoms with E-state index in [9.17, 15) is 4.79 Å². The van der Waals surface area contributed by atoms with Gasteiger partial charge in [0.05, 0.1) is 5.56 Å². The fourth-order valence-electron chi connectivity index (χ4n) is 1.56. The summed E-state index contributed by atoms with van der Waals surface area (Å²) in [6.45, 7) is 6.70. The van der Waals surface area contributed by atoms with Crippen LogP contribution in [0.4, 0.5) is 0 Å². The number of ether oxygens (including phenoxy) is 3. The Morgan fingerprint density at radius 1 is 1.17 bits per heavy atom. The highest BCUT2D eigenvalue weighted by Gasteiger charge is 2.12. The first-order valence-electron chi connectivity index (χ1n) is 6.15. The fourth-order valence-corrected chi connectivity index (χ4v) is 1.56. The summed E-state index contributed by atoms with van der Waals surface area (Å²) in [4.78, 5) is 11.4. The molecule has 0 saturated heterocycles. The third kappa shape index (κ3) is 4.47. The largest absolute Gasteiger partial charge is 0.488 e. The van der Waals surface area contributed by atoms with Gasteiger partial charge in [-0.25, -0.2) is 0 Å². The normalized spacial score (nSPS) is 10.7. The smallest absolute Gasteiger partial charge is 0.191 e. The highest BCUT2D eigenvalue weighted by Crippen LogP contribution is 2.18. The highest BCUT2D eigenvalue weighted by molar-refractivity contribution is 5.96. The van der Waals surface area contributed by atoms with Gasteiger partial charge in [0, 0.05) is 13.2 Å². The SMILES string of the molecule is CCOC(COc1ccccc1C(C)=O)OCC. The minimum absolute atomic E-state index is 0.0185. The van der Waals surface area contributed by atoms with Crippen molar-refractivity contribution in [3.8, 4) is 5.75 Å². The van der Waals surface area contributed by atoms with Crippen LogP contribution in [0.5, 0.6) is 5.75 Å². The van der Waals surface area contributed by atoms with Crippen LogP contribution in [0.3, 0.4) is 0 Å². The molecule has 0 N–H and O–H groups in total. The van der Waals surface area contributed by atoms with Crippen LogP contribution >= 0.6 is 0 Å². The Morgan fingerprint density at radius 3 is 2.33 bits per heavy atom. The van der Waals surface area contributed by atoms with Crippen LogP contribution in [-0.4, -0.2) is 31.9 Å². The molecule has 0 aromatic heterocycles. The number of ketones is 1. The monoisotopic (exact) mass is 252 g/mol. The first-order valence-corrected chi connectivity index (χ1v) is 6.15. The summed E-state index contributed by atoms with van der Waals surface area (Å²) in [5.41, 5.74) is 0.573. The number of carbonyl (C=O) groups excluding carboxylic acids is 1. The number of rotatable bonds is 8. The van der Waals surface area contributed by atoms with Crippen molar-refractivity contribution in [3.05, 3.63) is 29.8 Å². The van der Waals surface area contributed by atoms with Crippen molar-refractivity contribution in [1.29, 1.82) is 0 Å². The molecular weight excluding hydrogens is 232 g/mol. The van der Waals surface area contributed by atoms with Crippen molar-refractivity contribution >= 4 is 5.78 Å². The van der Waals surface area contributed by atoms with Gasteiger partial charge < -0.3 is 14.2 Å². The molecule has 1 aromatic carbocycles. The molecule has 1 rings (SSSR count). The molecule has 0 unspecified atom stereocenters. The average molecular weight is 252 g/mol. The topological polar surface area (TPSA) is 44.8 Å². The van der Waals surface area contributed by atoms with E-state index in [1.54, 1.807) is 12.1 Å². The maximum atomic E-state index is 11.4. The molecule has 100 valence electrons. The van der Waals surface area contributed by atoms with Crippen LogP contribution < -0.4 is 4.74 Å². The minimum Gasteiger partial charge on any atom is -0.488 e. The lowest BCUT2D eigenvalue weighted by molar-refractivity contribution is -0.152. The number of hydrogen-bond acceptors (Lipinski definition) is 4. The van der Waals surface area contributed by atoms with Gasteiger partial charge in [0.1, 0.15) is 12.4 Å². The van der Waals surface area contributed by atoms with Crippen molar-refractivity contribution in [2.45, 2.75) is 27.1 Å². The second-order valence-electron chi connectivity index (χ2n) is 3.70. The number of carbonyl (C=O) groups is 1. The molecule has 0 bridgehead atoms. The summed E-state index contributed by atoms with van der Waals surface area (Å²) in [6.07, 6.45) is -0.403. The molecule has 0 aliphatic carbocycles. The molecular formula is C14H20O4. The lowest BCUT2D eigenvalue weighted by Crippen LogP contribution is -2.25. The number of Topliss-reactive ketones (excluding diaryl/α,β-unsaturated/α-hetero) is 1. The van der Waals surface area contributed by atoms with E-state index in [0.717, 1.165) is 0 Å². The summed E-state index contributed by atoms with van der Waals surface area (Å²) < 4.78 is 16.3. The Hall–Kier alpha value is -1.39. The third-order valence-corrected chi connectivity index (χ3v) is 2.35. The molecule has 0 spiro atoms. The molecule has 4 heteroatoms. The van der Waals surface area contributed by atoms with Gasteiger partial charge in [0.25, 0.3) is 0 Å². The van der Waals surface area contributed by atoms with E-state index in [1.165, 1.54) is 6.92 Å². The average Bonchev–Trinajstić information content (AvgIpc) is 2.36. The van der Waals surface area contributed by atoms with Gasteiger partial charge in [0.2, 0.25) is 0 Å². The summed E-state index contributed by atoms with van der Waals surface area (Å²) in [5, 5.41) is 0. The fraction of sp³-hybridized carbons (Fsp3) is 0.500. The molecule has 0 fully saturated rings. The second kappa shape index (κ2) is 7.84. The summed E-state index contributed by atoms with van der Waals surface area (Å²) >= 11 is 0. The standard InChI is InChI=1S/C14H20O4/c1-4-16-14(17-5-2)10-18-13-9-7-6-8-12(13)11(3)15/h6-9,14H,4-5,10H2,1-3H3. The predicted molar refractivity (Wildman–Crippen MR) is 69.0 cm³/mol. The van der Waals surface area contributed by atoms with Gasteiger partial charge >= 0.3 is 0 Å². The number of para-hydroxylation sites is 1. The molecule has 0 aliphatic heterocycles. The molecule has 0 saturated carbocycles. The lowest BCUT2D eigenvalue weighted by Gasteiger charge is -2.18. The summed E-state index contributed by atoms with van der Waals surface area (Å²) in [6, 6.07) is 7.16. The van der Waals surface area contributed by atoms with Crippen LogP contribution in [0.2, 0.25) is 0 Å². The second-order valence-corrected chi connectivity index (χ2v) is 3.70. The molecule has 1 aromatic rings. The zero-order chi connectivity index (χ0) is 13.4. The zero-order valence-electron chi connectivity index (χ0n) is 11.1. The highest BCUT2D eigenvalue weighted by atomic mass is 16.7. The Balaban J connectivity index is 2.63. The van der Waals surface area contributed by atoms with Crippen molar-refractivity contribution < 1.29 is 19.0 Å². The Labute approximate surface area is 108 Å². The molecule has 0 heterocycles. The Bertz CT molecular complexity index is 370. The van der Waals surface area contributed by atoms with E-state index in [4.69, 9.17) is 14.2 Å². The molecule has 4 nitrogen and oxygen atoms in total. The third-order valence-electron chi connectivity index (χ3n) is 2.35. The molecule has 0 amide bonds. The van der Waals surface area contributed by atoms with E-state index < -0.39 is 6.29 Å². The Morgan fingerprint density at radius 2 is 1.78 bits per heavy atom. The maximum absolute atomic E-state index is 11.4. The van der Waals surface area contributed by atoms with Crippen LogP contribution in [0.15, 0.2) is 24.3 Å². The van der Waals surface area contributed by atoms with Crippen molar-refractivity contribution in [2.75, 3.05) is 19.8 Å². The van der Waals surface area contributed by atoms with E-state index in [-0.39, 0.29) is 12.4 Å². The first-order chi connectivity index (χ1) is 8.69. The quantitative estimate of drug-likeness (QED) is 0.527. The summed E-state index contributed by atoms with van der Waals surface area (Å²) in [7, 11) is 0. The number of benzene rings is 1. The molecule has 0 atom stereocenters. The molecule has 0 radical (unpaired) electrons. The predicted octanol–water partition coefficient (Wildman–Crippen LogP) is 2.67. The summed E-state index contributed by atoms with van der Waals surface area (Å²) in [5.74, 6) is 0.546. The van der Waals surface area contributed by atoms with E-state index in [0.29, 0.717) is 24.5 Å². The first kappa shape index (κ1) is 14.7. The number of hydrogen-bond donors (Lipinski definition) is 0. The van der Waals surface area contributed by atoms with E-state index >= 15 is 0 Å². The van der Waals surface area contributed by atoms with Crippen molar-refractivity contribution in [1.82, 2.24) is 0 Å². The minimum atomic E-state index is -0.403. The van der Waals surface area contributed by atoms with E-state index in [1.807, 2.05) is 26.0 Å². The Kier molecular flexibility index (Phi) is 6.39.